The zero-order chi connectivity index (χ0) is 18.1. The zero-order valence-electron chi connectivity index (χ0n) is 14.0. The minimum Gasteiger partial charge on any atom is -0.320 e. The Morgan fingerprint density at radius 2 is 1.88 bits per heavy atom. The molecule has 1 N–H and O–H groups in total. The van der Waals surface area contributed by atoms with Gasteiger partial charge in [-0.25, -0.2) is 0 Å². The number of anilines is 2. The van der Waals surface area contributed by atoms with Crippen LogP contribution in [0.3, 0.4) is 0 Å². The minimum absolute atomic E-state index is 0.0249. The van der Waals surface area contributed by atoms with Gasteiger partial charge in [0, 0.05) is 18.5 Å². The summed E-state index contributed by atoms with van der Waals surface area (Å²) in [5, 5.41) is 3.80. The SMILES string of the molecule is Cc1cc(C)c(NC(=O)c2ccc(Cl)c(N3CCCC3=O)c2)c(Cl)c1. The van der Waals surface area contributed by atoms with Crippen LogP contribution in [0, 0.1) is 13.8 Å². The largest absolute Gasteiger partial charge is 0.320 e. The summed E-state index contributed by atoms with van der Waals surface area (Å²) in [6.45, 7) is 4.46. The number of benzene rings is 2. The van der Waals surface area contributed by atoms with Gasteiger partial charge in [-0.2, -0.15) is 0 Å². The van der Waals surface area contributed by atoms with E-state index in [9.17, 15) is 9.59 Å². The van der Waals surface area contributed by atoms with E-state index in [-0.39, 0.29) is 11.8 Å². The van der Waals surface area contributed by atoms with Crippen LogP contribution in [-0.2, 0) is 4.79 Å². The standard InChI is InChI=1S/C19H18Cl2N2O2/c1-11-8-12(2)18(15(21)9-11)22-19(25)13-5-6-14(20)16(10-13)23-7-3-4-17(23)24/h5-6,8-10H,3-4,7H2,1-2H3,(H,22,25). The fraction of sp³-hybridized carbons (Fsp3) is 0.263. The van der Waals surface area contributed by atoms with Crippen LogP contribution in [-0.4, -0.2) is 18.4 Å². The molecule has 0 aromatic heterocycles. The Morgan fingerprint density at radius 1 is 1.12 bits per heavy atom. The van der Waals surface area contributed by atoms with Crippen LogP contribution in [0.25, 0.3) is 0 Å². The third-order valence-corrected chi connectivity index (χ3v) is 4.86. The molecule has 0 aliphatic carbocycles. The van der Waals surface area contributed by atoms with Crippen molar-refractivity contribution in [2.45, 2.75) is 26.7 Å². The van der Waals surface area contributed by atoms with E-state index >= 15 is 0 Å². The monoisotopic (exact) mass is 376 g/mol. The maximum absolute atomic E-state index is 12.6. The average Bonchev–Trinajstić information content (AvgIpc) is 2.97. The second-order valence-corrected chi connectivity index (χ2v) is 7.02. The number of carbonyl (C=O) groups excluding carboxylic acids is 2. The lowest BCUT2D eigenvalue weighted by molar-refractivity contribution is -0.117. The molecular formula is C19H18Cl2N2O2. The van der Waals surface area contributed by atoms with Crippen LogP contribution in [0.2, 0.25) is 10.0 Å². The summed E-state index contributed by atoms with van der Waals surface area (Å²) in [7, 11) is 0. The molecule has 2 amide bonds. The van der Waals surface area contributed by atoms with Gasteiger partial charge in [0.2, 0.25) is 5.91 Å². The van der Waals surface area contributed by atoms with Crippen molar-refractivity contribution in [2.24, 2.45) is 0 Å². The molecule has 0 unspecified atom stereocenters. The highest BCUT2D eigenvalue weighted by Crippen LogP contribution is 2.32. The number of hydrogen-bond acceptors (Lipinski definition) is 2. The van der Waals surface area contributed by atoms with Crippen molar-refractivity contribution < 1.29 is 9.59 Å². The van der Waals surface area contributed by atoms with Crippen LogP contribution in [0.5, 0.6) is 0 Å². The predicted octanol–water partition coefficient (Wildman–Crippen LogP) is 4.99. The van der Waals surface area contributed by atoms with Crippen LogP contribution in [0.4, 0.5) is 11.4 Å². The molecule has 25 heavy (non-hydrogen) atoms. The Balaban J connectivity index is 1.90. The van der Waals surface area contributed by atoms with Crippen molar-refractivity contribution in [1.29, 1.82) is 0 Å². The second kappa shape index (κ2) is 7.06. The third kappa shape index (κ3) is 3.65. The summed E-state index contributed by atoms with van der Waals surface area (Å²) in [6.07, 6.45) is 1.30. The van der Waals surface area contributed by atoms with E-state index < -0.39 is 0 Å². The first-order valence-corrected chi connectivity index (χ1v) is 8.80. The van der Waals surface area contributed by atoms with Gasteiger partial charge in [0.15, 0.2) is 0 Å². The van der Waals surface area contributed by atoms with Gasteiger partial charge in [-0.15, -0.1) is 0 Å². The fourth-order valence-corrected chi connectivity index (χ4v) is 3.61. The molecule has 0 radical (unpaired) electrons. The zero-order valence-corrected chi connectivity index (χ0v) is 15.5. The Hall–Kier alpha value is -2.04. The van der Waals surface area contributed by atoms with E-state index in [1.54, 1.807) is 29.2 Å². The molecule has 2 aromatic carbocycles. The topological polar surface area (TPSA) is 49.4 Å². The molecule has 1 aliphatic heterocycles. The summed E-state index contributed by atoms with van der Waals surface area (Å²) in [6, 6.07) is 8.69. The Morgan fingerprint density at radius 3 is 2.52 bits per heavy atom. The summed E-state index contributed by atoms with van der Waals surface area (Å²) < 4.78 is 0. The van der Waals surface area contributed by atoms with Crippen LogP contribution >= 0.6 is 23.2 Å². The number of aryl methyl sites for hydroxylation is 2. The van der Waals surface area contributed by atoms with E-state index in [0.717, 1.165) is 17.5 Å². The van der Waals surface area contributed by atoms with E-state index in [1.807, 2.05) is 19.9 Å². The van der Waals surface area contributed by atoms with E-state index in [2.05, 4.69) is 5.32 Å². The first kappa shape index (κ1) is 17.8. The molecule has 0 bridgehead atoms. The summed E-state index contributed by atoms with van der Waals surface area (Å²) in [5.74, 6) is -0.268. The van der Waals surface area contributed by atoms with E-state index in [1.165, 1.54) is 0 Å². The summed E-state index contributed by atoms with van der Waals surface area (Å²) >= 11 is 12.5. The number of nitrogens with zero attached hydrogens (tertiary/aromatic N) is 1. The summed E-state index contributed by atoms with van der Waals surface area (Å²) in [5.41, 5.74) is 3.51. The maximum Gasteiger partial charge on any atom is 0.255 e. The second-order valence-electron chi connectivity index (χ2n) is 6.21. The predicted molar refractivity (Wildman–Crippen MR) is 102 cm³/mol. The van der Waals surface area contributed by atoms with Gasteiger partial charge in [0.05, 0.1) is 21.4 Å². The normalized spacial score (nSPS) is 14.1. The number of nitrogens with one attached hydrogen (secondary N) is 1. The molecule has 4 nitrogen and oxygen atoms in total. The minimum atomic E-state index is -0.293. The summed E-state index contributed by atoms with van der Waals surface area (Å²) in [4.78, 5) is 26.2. The van der Waals surface area contributed by atoms with Gasteiger partial charge in [-0.05, 0) is 55.7 Å². The average molecular weight is 377 g/mol. The van der Waals surface area contributed by atoms with Crippen molar-refractivity contribution >= 4 is 46.4 Å². The molecule has 2 aromatic rings. The number of rotatable bonds is 3. The fourth-order valence-electron chi connectivity index (χ4n) is 3.02. The number of halogens is 2. The van der Waals surface area contributed by atoms with Crippen LogP contribution < -0.4 is 10.2 Å². The molecule has 0 spiro atoms. The van der Waals surface area contributed by atoms with Crippen LogP contribution in [0.1, 0.15) is 34.3 Å². The molecular weight excluding hydrogens is 359 g/mol. The van der Waals surface area contributed by atoms with Crippen molar-refractivity contribution in [1.82, 2.24) is 0 Å². The number of amides is 2. The van der Waals surface area contributed by atoms with Crippen molar-refractivity contribution in [3.05, 3.63) is 57.1 Å². The lowest BCUT2D eigenvalue weighted by Crippen LogP contribution is -2.24. The van der Waals surface area contributed by atoms with Crippen LogP contribution in [0.15, 0.2) is 30.3 Å². The maximum atomic E-state index is 12.6. The molecule has 0 saturated carbocycles. The molecule has 3 rings (SSSR count). The van der Waals surface area contributed by atoms with Gasteiger partial charge >= 0.3 is 0 Å². The highest BCUT2D eigenvalue weighted by atomic mass is 35.5. The Bertz CT molecular complexity index is 841. The van der Waals surface area contributed by atoms with Gasteiger partial charge in [0.1, 0.15) is 0 Å². The van der Waals surface area contributed by atoms with Gasteiger partial charge in [-0.3, -0.25) is 9.59 Å². The third-order valence-electron chi connectivity index (χ3n) is 4.24. The first-order chi connectivity index (χ1) is 11.9. The smallest absolute Gasteiger partial charge is 0.255 e. The van der Waals surface area contributed by atoms with E-state index in [4.69, 9.17) is 23.2 Å². The van der Waals surface area contributed by atoms with Gasteiger partial charge in [0.25, 0.3) is 5.91 Å². The molecule has 1 heterocycles. The lowest BCUT2D eigenvalue weighted by atomic mass is 10.1. The van der Waals surface area contributed by atoms with Gasteiger partial charge in [-0.1, -0.05) is 29.3 Å². The van der Waals surface area contributed by atoms with Crippen molar-refractivity contribution in [3.63, 3.8) is 0 Å². The molecule has 6 heteroatoms. The molecule has 1 fully saturated rings. The quantitative estimate of drug-likeness (QED) is 0.819. The molecule has 130 valence electrons. The Labute approximate surface area is 156 Å². The highest BCUT2D eigenvalue weighted by molar-refractivity contribution is 6.35. The highest BCUT2D eigenvalue weighted by Gasteiger charge is 2.24. The van der Waals surface area contributed by atoms with E-state index in [0.29, 0.717) is 39.9 Å². The van der Waals surface area contributed by atoms with Gasteiger partial charge < -0.3 is 10.2 Å². The molecule has 1 saturated heterocycles. The molecule has 1 aliphatic rings. The lowest BCUT2D eigenvalue weighted by Gasteiger charge is -2.18. The molecule has 0 atom stereocenters. The number of hydrogen-bond donors (Lipinski definition) is 1. The first-order valence-electron chi connectivity index (χ1n) is 8.05. The Kier molecular flexibility index (Phi) is 5.02. The van der Waals surface area contributed by atoms with Crippen molar-refractivity contribution in [3.8, 4) is 0 Å². The number of carbonyl (C=O) groups is 2. The van der Waals surface area contributed by atoms with Crippen molar-refractivity contribution in [2.75, 3.05) is 16.8 Å².